The molecule has 138 valence electrons. The summed E-state index contributed by atoms with van der Waals surface area (Å²) in [5.74, 6) is 0.00952. The van der Waals surface area contributed by atoms with Crippen molar-refractivity contribution in [2.75, 3.05) is 12.4 Å². The van der Waals surface area contributed by atoms with Gasteiger partial charge in [-0.15, -0.1) is 5.10 Å². The monoisotopic (exact) mass is 366 g/mol. The number of carbonyl (C=O) groups is 2. The van der Waals surface area contributed by atoms with E-state index >= 15 is 0 Å². The average molecular weight is 366 g/mol. The Morgan fingerprint density at radius 2 is 1.84 bits per heavy atom. The summed E-state index contributed by atoms with van der Waals surface area (Å²) in [5.41, 5.74) is 0.0611. The fraction of sp³-hybridized carbons (Fsp3) is 0.647. The van der Waals surface area contributed by atoms with Crippen LogP contribution in [0.4, 0.5) is 0 Å². The summed E-state index contributed by atoms with van der Waals surface area (Å²) < 4.78 is 7.70. The Kier molecular flexibility index (Phi) is 6.05. The Labute approximate surface area is 153 Å². The third-order valence-electron chi connectivity index (χ3n) is 4.59. The van der Waals surface area contributed by atoms with Gasteiger partial charge in [-0.2, -0.15) is 12.6 Å². The highest BCUT2D eigenvalue weighted by Gasteiger charge is 2.29. The number of imide groups is 1. The quantitative estimate of drug-likeness (QED) is 0.534. The number of ether oxygens (including phenoxy) is 1. The Morgan fingerprint density at radius 1 is 1.20 bits per heavy atom. The molecule has 2 heterocycles. The van der Waals surface area contributed by atoms with E-state index in [1.807, 2.05) is 13.8 Å². The van der Waals surface area contributed by atoms with Gasteiger partial charge in [-0.3, -0.25) is 14.5 Å². The van der Waals surface area contributed by atoms with Gasteiger partial charge in [0, 0.05) is 24.5 Å². The van der Waals surface area contributed by atoms with E-state index in [9.17, 15) is 9.59 Å². The zero-order valence-corrected chi connectivity index (χ0v) is 16.1. The van der Waals surface area contributed by atoms with Crippen molar-refractivity contribution in [2.24, 2.45) is 0 Å². The van der Waals surface area contributed by atoms with Crippen LogP contribution in [0.2, 0.25) is 0 Å². The van der Waals surface area contributed by atoms with Crippen LogP contribution in [0.1, 0.15) is 46.2 Å². The molecule has 0 saturated carbocycles. The average Bonchev–Trinajstić information content (AvgIpc) is 3.17. The normalized spacial score (nSPS) is 17.4. The molecule has 0 saturated heterocycles. The van der Waals surface area contributed by atoms with Crippen LogP contribution in [0, 0.1) is 0 Å². The lowest BCUT2D eigenvalue weighted by molar-refractivity contribution is -0.137. The molecular weight excluding hydrogens is 340 g/mol. The van der Waals surface area contributed by atoms with Crippen LogP contribution >= 0.6 is 12.6 Å². The highest BCUT2D eigenvalue weighted by atomic mass is 32.1. The zero-order chi connectivity index (χ0) is 18.7. The van der Waals surface area contributed by atoms with Gasteiger partial charge in [-0.25, -0.2) is 4.68 Å². The molecule has 0 spiro atoms. The van der Waals surface area contributed by atoms with Crippen molar-refractivity contribution in [2.45, 2.75) is 58.2 Å². The maximum atomic E-state index is 11.7. The molecule has 0 aromatic carbocycles. The lowest BCUT2D eigenvalue weighted by Crippen LogP contribution is -2.34. The molecule has 1 aliphatic heterocycles. The van der Waals surface area contributed by atoms with Gasteiger partial charge in [0.1, 0.15) is 5.69 Å². The molecular formula is C17H26N4O3S. The minimum absolute atomic E-state index is 0.133. The molecule has 0 aliphatic carbocycles. The summed E-state index contributed by atoms with van der Waals surface area (Å²) in [4.78, 5) is 24.5. The van der Waals surface area contributed by atoms with Crippen LogP contribution in [-0.4, -0.2) is 49.7 Å². The molecule has 0 N–H and O–H groups in total. The largest absolute Gasteiger partial charge is 0.375 e. The van der Waals surface area contributed by atoms with Crippen LogP contribution in [-0.2, 0) is 26.4 Å². The predicted octanol–water partition coefficient (Wildman–Crippen LogP) is 1.94. The molecule has 2 rings (SSSR count). The van der Waals surface area contributed by atoms with Crippen LogP contribution in [0.5, 0.6) is 0 Å². The third-order valence-corrected chi connectivity index (χ3v) is 5.35. The molecule has 8 heteroatoms. The summed E-state index contributed by atoms with van der Waals surface area (Å²) in [5, 5.41) is 8.33. The van der Waals surface area contributed by atoms with Crippen molar-refractivity contribution >= 4 is 24.4 Å². The molecule has 1 unspecified atom stereocenters. The minimum atomic E-state index is -0.319. The zero-order valence-electron chi connectivity index (χ0n) is 15.2. The maximum absolute atomic E-state index is 11.7. The molecule has 1 aliphatic rings. The predicted molar refractivity (Wildman–Crippen MR) is 97.2 cm³/mol. The third kappa shape index (κ3) is 4.70. The van der Waals surface area contributed by atoms with E-state index < -0.39 is 0 Å². The van der Waals surface area contributed by atoms with Crippen LogP contribution in [0.25, 0.3) is 0 Å². The van der Waals surface area contributed by atoms with Gasteiger partial charge in [0.2, 0.25) is 0 Å². The summed E-state index contributed by atoms with van der Waals surface area (Å²) in [6.07, 6.45) is 5.95. The molecule has 7 nitrogen and oxygen atoms in total. The van der Waals surface area contributed by atoms with Crippen molar-refractivity contribution < 1.29 is 14.3 Å². The van der Waals surface area contributed by atoms with Crippen molar-refractivity contribution in [3.63, 3.8) is 0 Å². The Morgan fingerprint density at radius 3 is 2.40 bits per heavy atom. The van der Waals surface area contributed by atoms with Gasteiger partial charge in [-0.05, 0) is 33.6 Å². The second-order valence-electron chi connectivity index (χ2n) is 7.12. The standard InChI is InChI=1S/C17H26N4O3S/c1-5-17(4,8-9-24-16(2,3)12-25)21-11-13(18-19-21)10-20-14(22)6-7-15(20)23/h6-7,11,25H,5,8-10,12H2,1-4H3. The van der Waals surface area contributed by atoms with Crippen molar-refractivity contribution in [3.05, 3.63) is 24.0 Å². The van der Waals surface area contributed by atoms with E-state index in [2.05, 4.69) is 36.8 Å². The Bertz CT molecular complexity index is 653. The van der Waals surface area contributed by atoms with Crippen molar-refractivity contribution in [3.8, 4) is 0 Å². The number of aromatic nitrogens is 3. The summed E-state index contributed by atoms with van der Waals surface area (Å²) >= 11 is 4.30. The summed E-state index contributed by atoms with van der Waals surface area (Å²) in [6.45, 7) is 8.91. The van der Waals surface area contributed by atoms with Crippen molar-refractivity contribution in [1.82, 2.24) is 19.9 Å². The lowest BCUT2D eigenvalue weighted by Gasteiger charge is -2.30. The first-order valence-electron chi connectivity index (χ1n) is 8.41. The lowest BCUT2D eigenvalue weighted by atomic mass is 9.95. The smallest absolute Gasteiger partial charge is 0.253 e. The van der Waals surface area contributed by atoms with Crippen molar-refractivity contribution in [1.29, 1.82) is 0 Å². The first kappa shape index (κ1) is 19.7. The molecule has 1 aromatic heterocycles. The summed E-state index contributed by atoms with van der Waals surface area (Å²) in [7, 11) is 0. The minimum Gasteiger partial charge on any atom is -0.375 e. The van der Waals surface area contributed by atoms with Crippen LogP contribution in [0.15, 0.2) is 18.3 Å². The van der Waals surface area contributed by atoms with Gasteiger partial charge in [-0.1, -0.05) is 12.1 Å². The van der Waals surface area contributed by atoms with E-state index in [0.717, 1.165) is 17.7 Å². The van der Waals surface area contributed by atoms with E-state index in [1.165, 1.54) is 12.2 Å². The number of thiol groups is 1. The number of amides is 2. The molecule has 25 heavy (non-hydrogen) atoms. The number of hydrogen-bond donors (Lipinski definition) is 1. The topological polar surface area (TPSA) is 77.3 Å². The van der Waals surface area contributed by atoms with Crippen LogP contribution in [0.3, 0.4) is 0 Å². The fourth-order valence-electron chi connectivity index (χ4n) is 2.43. The summed E-state index contributed by atoms with van der Waals surface area (Å²) in [6, 6.07) is 0. The van der Waals surface area contributed by atoms with E-state index in [-0.39, 0.29) is 29.5 Å². The fourth-order valence-corrected chi connectivity index (χ4v) is 2.52. The molecule has 0 bridgehead atoms. The van der Waals surface area contributed by atoms with E-state index in [4.69, 9.17) is 4.74 Å². The first-order chi connectivity index (χ1) is 11.7. The highest BCUT2D eigenvalue weighted by molar-refractivity contribution is 7.80. The SMILES string of the molecule is CCC(C)(CCOC(C)(C)CS)n1cc(CN2C(=O)C=CC2=O)nn1. The highest BCUT2D eigenvalue weighted by Crippen LogP contribution is 2.25. The Hall–Kier alpha value is -1.67. The van der Waals surface area contributed by atoms with Gasteiger partial charge in [0.15, 0.2) is 0 Å². The molecule has 1 atom stereocenters. The van der Waals surface area contributed by atoms with E-state index in [1.54, 1.807) is 10.9 Å². The molecule has 0 radical (unpaired) electrons. The second kappa shape index (κ2) is 7.70. The number of carbonyl (C=O) groups excluding carboxylic acids is 2. The Balaban J connectivity index is 2.02. The number of hydrogen-bond acceptors (Lipinski definition) is 6. The maximum Gasteiger partial charge on any atom is 0.253 e. The van der Waals surface area contributed by atoms with Crippen LogP contribution < -0.4 is 0 Å². The first-order valence-corrected chi connectivity index (χ1v) is 9.04. The van der Waals surface area contributed by atoms with Gasteiger partial charge < -0.3 is 4.74 Å². The van der Waals surface area contributed by atoms with E-state index in [0.29, 0.717) is 18.1 Å². The molecule has 0 fully saturated rings. The molecule has 1 aromatic rings. The van der Waals surface area contributed by atoms with Gasteiger partial charge in [0.05, 0.1) is 23.9 Å². The number of nitrogens with zero attached hydrogens (tertiary/aromatic N) is 4. The molecule has 2 amide bonds. The van der Waals surface area contributed by atoms with Gasteiger partial charge >= 0.3 is 0 Å². The number of rotatable bonds is 9. The van der Waals surface area contributed by atoms with Gasteiger partial charge in [0.25, 0.3) is 11.8 Å². The second-order valence-corrected chi connectivity index (χ2v) is 7.43.